The summed E-state index contributed by atoms with van der Waals surface area (Å²) in [5.41, 5.74) is 4.36. The molecule has 1 aromatic carbocycles. The molecule has 1 aliphatic carbocycles. The van der Waals surface area contributed by atoms with E-state index in [1.54, 1.807) is 0 Å². The molecule has 0 radical (unpaired) electrons. The predicted octanol–water partition coefficient (Wildman–Crippen LogP) is 4.80. The molecule has 0 heterocycles. The van der Waals surface area contributed by atoms with Gasteiger partial charge in [-0.25, -0.2) is 0 Å². The Morgan fingerprint density at radius 3 is 2.22 bits per heavy atom. The molecule has 0 spiro atoms. The predicted molar refractivity (Wildman–Crippen MR) is 80.3 cm³/mol. The fourth-order valence-corrected chi connectivity index (χ4v) is 3.17. The van der Waals surface area contributed by atoms with Crippen molar-refractivity contribution in [3.8, 4) is 0 Å². The number of anilines is 1. The molecule has 0 bridgehead atoms. The number of benzene rings is 1. The Labute approximate surface area is 112 Å². The van der Waals surface area contributed by atoms with Crippen LogP contribution in [-0.2, 0) is 12.8 Å². The van der Waals surface area contributed by atoms with Gasteiger partial charge in [-0.1, -0.05) is 57.7 Å². The van der Waals surface area contributed by atoms with Gasteiger partial charge in [0.05, 0.1) is 0 Å². The van der Waals surface area contributed by atoms with Gasteiger partial charge in [-0.05, 0) is 36.3 Å². The van der Waals surface area contributed by atoms with E-state index in [0.29, 0.717) is 0 Å². The van der Waals surface area contributed by atoms with Gasteiger partial charge < -0.3 is 5.32 Å². The Bertz CT molecular complexity index is 342. The molecule has 0 saturated heterocycles. The van der Waals surface area contributed by atoms with Crippen molar-refractivity contribution in [3.05, 3.63) is 29.3 Å². The standard InChI is InChI=1S/C17H27N/c1-3-15-10-7-11-16(4-2)17(15)18-13-12-14-8-5-6-9-14/h7,10-11,14,18H,3-6,8-9,12-13H2,1-2H3. The van der Waals surface area contributed by atoms with Crippen molar-refractivity contribution in [2.24, 2.45) is 5.92 Å². The molecule has 0 amide bonds. The lowest BCUT2D eigenvalue weighted by atomic mass is 10.0. The van der Waals surface area contributed by atoms with Crippen LogP contribution in [0.4, 0.5) is 5.69 Å². The van der Waals surface area contributed by atoms with E-state index in [1.807, 2.05) is 0 Å². The van der Waals surface area contributed by atoms with Crippen molar-refractivity contribution >= 4 is 5.69 Å². The number of para-hydroxylation sites is 1. The minimum absolute atomic E-state index is 0.983. The van der Waals surface area contributed by atoms with Crippen LogP contribution in [0, 0.1) is 5.92 Å². The number of aryl methyl sites for hydroxylation is 2. The van der Waals surface area contributed by atoms with Crippen molar-refractivity contribution in [2.75, 3.05) is 11.9 Å². The van der Waals surface area contributed by atoms with Crippen molar-refractivity contribution in [1.29, 1.82) is 0 Å². The SMILES string of the molecule is CCc1cccc(CC)c1NCCC1CCCC1. The van der Waals surface area contributed by atoms with Crippen LogP contribution in [0.15, 0.2) is 18.2 Å². The van der Waals surface area contributed by atoms with Gasteiger partial charge in [-0.3, -0.25) is 0 Å². The highest BCUT2D eigenvalue weighted by molar-refractivity contribution is 5.57. The molecule has 1 nitrogen and oxygen atoms in total. The summed E-state index contributed by atoms with van der Waals surface area (Å²) in [6.45, 7) is 5.64. The Morgan fingerprint density at radius 1 is 1.06 bits per heavy atom. The van der Waals surface area contributed by atoms with Crippen molar-refractivity contribution < 1.29 is 0 Å². The molecule has 0 aromatic heterocycles. The van der Waals surface area contributed by atoms with E-state index < -0.39 is 0 Å². The second-order valence-electron chi connectivity index (χ2n) is 5.52. The normalized spacial score (nSPS) is 16.1. The van der Waals surface area contributed by atoms with Gasteiger partial charge in [-0.15, -0.1) is 0 Å². The first-order valence-electron chi connectivity index (χ1n) is 7.69. The molecule has 1 saturated carbocycles. The minimum atomic E-state index is 0.983. The molecule has 0 aliphatic heterocycles. The summed E-state index contributed by atoms with van der Waals surface area (Å²) in [5, 5.41) is 3.71. The molecule has 18 heavy (non-hydrogen) atoms. The second-order valence-corrected chi connectivity index (χ2v) is 5.52. The summed E-state index contributed by atoms with van der Waals surface area (Å²) < 4.78 is 0. The molecule has 1 heteroatoms. The molecule has 2 rings (SSSR count). The third-order valence-corrected chi connectivity index (χ3v) is 4.33. The van der Waals surface area contributed by atoms with E-state index in [-0.39, 0.29) is 0 Å². The van der Waals surface area contributed by atoms with Gasteiger partial charge in [0, 0.05) is 12.2 Å². The zero-order chi connectivity index (χ0) is 12.8. The first kappa shape index (κ1) is 13.5. The first-order valence-corrected chi connectivity index (χ1v) is 7.69. The summed E-state index contributed by atoms with van der Waals surface area (Å²) in [6, 6.07) is 6.72. The summed E-state index contributed by atoms with van der Waals surface area (Å²) in [5.74, 6) is 0.983. The van der Waals surface area contributed by atoms with E-state index in [9.17, 15) is 0 Å². The summed E-state index contributed by atoms with van der Waals surface area (Å²) in [6.07, 6.45) is 9.42. The molecule has 0 unspecified atom stereocenters. The fraction of sp³-hybridized carbons (Fsp3) is 0.647. The van der Waals surface area contributed by atoms with Crippen LogP contribution in [0.5, 0.6) is 0 Å². The van der Waals surface area contributed by atoms with Gasteiger partial charge >= 0.3 is 0 Å². The van der Waals surface area contributed by atoms with Crippen LogP contribution in [0.25, 0.3) is 0 Å². The molecule has 1 N–H and O–H groups in total. The number of hydrogen-bond acceptors (Lipinski definition) is 1. The summed E-state index contributed by atoms with van der Waals surface area (Å²) in [7, 11) is 0. The zero-order valence-electron chi connectivity index (χ0n) is 12.0. The maximum Gasteiger partial charge on any atom is 0.0405 e. The molecule has 100 valence electrons. The third kappa shape index (κ3) is 3.28. The van der Waals surface area contributed by atoms with Gasteiger partial charge in [0.25, 0.3) is 0 Å². The van der Waals surface area contributed by atoms with E-state index in [4.69, 9.17) is 0 Å². The van der Waals surface area contributed by atoms with Crippen molar-refractivity contribution in [1.82, 2.24) is 0 Å². The highest BCUT2D eigenvalue weighted by Crippen LogP contribution is 2.28. The summed E-state index contributed by atoms with van der Waals surface area (Å²) in [4.78, 5) is 0. The number of nitrogens with one attached hydrogen (secondary N) is 1. The lowest BCUT2D eigenvalue weighted by molar-refractivity contribution is 0.518. The first-order chi connectivity index (χ1) is 8.85. The molecule has 1 fully saturated rings. The molecular weight excluding hydrogens is 218 g/mol. The highest BCUT2D eigenvalue weighted by Gasteiger charge is 2.14. The largest absolute Gasteiger partial charge is 0.385 e. The van der Waals surface area contributed by atoms with Crippen LogP contribution in [0.2, 0.25) is 0 Å². The van der Waals surface area contributed by atoms with E-state index in [0.717, 1.165) is 25.3 Å². The quantitative estimate of drug-likeness (QED) is 0.759. The van der Waals surface area contributed by atoms with Crippen LogP contribution in [0.3, 0.4) is 0 Å². The zero-order valence-corrected chi connectivity index (χ0v) is 12.0. The maximum atomic E-state index is 3.71. The van der Waals surface area contributed by atoms with Gasteiger partial charge in [0.1, 0.15) is 0 Å². The fourth-order valence-electron chi connectivity index (χ4n) is 3.17. The Hall–Kier alpha value is -0.980. The van der Waals surface area contributed by atoms with E-state index in [1.165, 1.54) is 48.9 Å². The second kappa shape index (κ2) is 6.82. The Kier molecular flexibility index (Phi) is 5.10. The average Bonchev–Trinajstić information content (AvgIpc) is 2.92. The highest BCUT2D eigenvalue weighted by atomic mass is 14.9. The monoisotopic (exact) mass is 245 g/mol. The minimum Gasteiger partial charge on any atom is -0.385 e. The third-order valence-electron chi connectivity index (χ3n) is 4.33. The summed E-state index contributed by atoms with van der Waals surface area (Å²) >= 11 is 0. The maximum absolute atomic E-state index is 3.71. The van der Waals surface area contributed by atoms with Crippen molar-refractivity contribution in [2.45, 2.75) is 58.8 Å². The lowest BCUT2D eigenvalue weighted by Gasteiger charge is -2.17. The molecule has 0 atom stereocenters. The van der Waals surface area contributed by atoms with Crippen LogP contribution >= 0.6 is 0 Å². The topological polar surface area (TPSA) is 12.0 Å². The average molecular weight is 245 g/mol. The van der Waals surface area contributed by atoms with Crippen LogP contribution in [0.1, 0.15) is 57.1 Å². The van der Waals surface area contributed by atoms with Gasteiger partial charge in [0.15, 0.2) is 0 Å². The Morgan fingerprint density at radius 2 is 1.67 bits per heavy atom. The molecular formula is C17H27N. The molecule has 1 aromatic rings. The smallest absolute Gasteiger partial charge is 0.0405 e. The van der Waals surface area contributed by atoms with Gasteiger partial charge in [-0.2, -0.15) is 0 Å². The van der Waals surface area contributed by atoms with Crippen LogP contribution in [-0.4, -0.2) is 6.54 Å². The lowest BCUT2D eigenvalue weighted by Crippen LogP contribution is -2.10. The van der Waals surface area contributed by atoms with E-state index >= 15 is 0 Å². The molecule has 1 aliphatic rings. The van der Waals surface area contributed by atoms with E-state index in [2.05, 4.69) is 37.4 Å². The Balaban J connectivity index is 1.94. The number of hydrogen-bond donors (Lipinski definition) is 1. The van der Waals surface area contributed by atoms with Crippen molar-refractivity contribution in [3.63, 3.8) is 0 Å². The van der Waals surface area contributed by atoms with Crippen LogP contribution < -0.4 is 5.32 Å². The van der Waals surface area contributed by atoms with Gasteiger partial charge in [0.2, 0.25) is 0 Å². The number of rotatable bonds is 6.